The monoisotopic (exact) mass is 205 g/mol. The Kier molecular flexibility index (Phi) is 2.47. The molecule has 0 aliphatic heterocycles. The summed E-state index contributed by atoms with van der Waals surface area (Å²) in [5, 5.41) is 0. The first-order valence-electron chi connectivity index (χ1n) is 5.48. The van der Waals surface area contributed by atoms with Gasteiger partial charge in [0.1, 0.15) is 5.75 Å². The van der Waals surface area contributed by atoms with E-state index in [0.717, 1.165) is 18.6 Å². The van der Waals surface area contributed by atoms with E-state index in [1.54, 1.807) is 7.11 Å². The van der Waals surface area contributed by atoms with Crippen molar-refractivity contribution in [1.29, 1.82) is 0 Å². The van der Waals surface area contributed by atoms with E-state index < -0.39 is 0 Å². The van der Waals surface area contributed by atoms with Gasteiger partial charge in [0.25, 0.3) is 0 Å². The molecule has 1 aromatic rings. The predicted octanol–water partition coefficient (Wildman–Crippen LogP) is 2.77. The number of ether oxygens (including phenoxy) is 1. The zero-order chi connectivity index (χ0) is 11.1. The minimum atomic E-state index is 0.170. The van der Waals surface area contributed by atoms with Gasteiger partial charge in [0.2, 0.25) is 0 Å². The summed E-state index contributed by atoms with van der Waals surface area (Å²) in [4.78, 5) is 0. The molecule has 0 heterocycles. The molecule has 2 heteroatoms. The average Bonchev–Trinajstić information content (AvgIpc) is 2.23. The van der Waals surface area contributed by atoms with Gasteiger partial charge in [-0.05, 0) is 41.5 Å². The highest BCUT2D eigenvalue weighted by atomic mass is 16.5. The summed E-state index contributed by atoms with van der Waals surface area (Å²) in [5.74, 6) is 0.905. The van der Waals surface area contributed by atoms with E-state index in [1.807, 2.05) is 6.07 Å². The van der Waals surface area contributed by atoms with E-state index in [2.05, 4.69) is 26.0 Å². The Hall–Kier alpha value is -1.02. The Morgan fingerprint density at radius 3 is 2.80 bits per heavy atom. The molecule has 82 valence electrons. The first-order chi connectivity index (χ1) is 7.04. The fourth-order valence-corrected chi connectivity index (χ4v) is 2.40. The number of benzene rings is 1. The fraction of sp³-hybridized carbons (Fsp3) is 0.538. The van der Waals surface area contributed by atoms with Gasteiger partial charge in [-0.2, -0.15) is 0 Å². The molecule has 15 heavy (non-hydrogen) atoms. The van der Waals surface area contributed by atoms with Crippen molar-refractivity contribution >= 4 is 0 Å². The van der Waals surface area contributed by atoms with Gasteiger partial charge in [0.15, 0.2) is 0 Å². The second-order valence-electron chi connectivity index (χ2n) is 4.98. The third-order valence-electron chi connectivity index (χ3n) is 3.47. The van der Waals surface area contributed by atoms with Crippen LogP contribution in [0, 0.1) is 0 Å². The van der Waals surface area contributed by atoms with Crippen molar-refractivity contribution in [3.8, 4) is 5.75 Å². The van der Waals surface area contributed by atoms with Crippen LogP contribution in [-0.2, 0) is 5.41 Å². The van der Waals surface area contributed by atoms with E-state index in [9.17, 15) is 0 Å². The maximum atomic E-state index is 6.14. The molecule has 1 atom stereocenters. The van der Waals surface area contributed by atoms with Crippen LogP contribution < -0.4 is 10.5 Å². The molecular formula is C13H19NO. The zero-order valence-corrected chi connectivity index (χ0v) is 9.71. The van der Waals surface area contributed by atoms with Crippen LogP contribution in [0.4, 0.5) is 0 Å². The zero-order valence-electron chi connectivity index (χ0n) is 9.71. The Labute approximate surface area is 91.4 Å². The first-order valence-corrected chi connectivity index (χ1v) is 5.48. The molecule has 2 rings (SSSR count). The second-order valence-corrected chi connectivity index (χ2v) is 4.98. The van der Waals surface area contributed by atoms with Crippen molar-refractivity contribution in [2.45, 2.75) is 38.1 Å². The molecule has 0 amide bonds. The minimum Gasteiger partial charge on any atom is -0.497 e. The van der Waals surface area contributed by atoms with E-state index in [4.69, 9.17) is 10.5 Å². The Balaban J connectivity index is 2.52. The molecule has 2 N–H and O–H groups in total. The van der Waals surface area contributed by atoms with E-state index in [-0.39, 0.29) is 11.5 Å². The van der Waals surface area contributed by atoms with Crippen molar-refractivity contribution < 1.29 is 4.74 Å². The summed E-state index contributed by atoms with van der Waals surface area (Å²) in [6.07, 6.45) is 2.22. The van der Waals surface area contributed by atoms with Gasteiger partial charge in [-0.1, -0.05) is 19.9 Å². The second kappa shape index (κ2) is 3.53. The van der Waals surface area contributed by atoms with Crippen molar-refractivity contribution in [1.82, 2.24) is 0 Å². The van der Waals surface area contributed by atoms with Gasteiger partial charge in [-0.15, -0.1) is 0 Å². The lowest BCUT2D eigenvalue weighted by atomic mass is 9.71. The van der Waals surface area contributed by atoms with Crippen LogP contribution in [-0.4, -0.2) is 7.11 Å². The molecule has 0 radical (unpaired) electrons. The Bertz CT molecular complexity index is 371. The quantitative estimate of drug-likeness (QED) is 0.765. The summed E-state index contributed by atoms with van der Waals surface area (Å²) in [7, 11) is 1.70. The van der Waals surface area contributed by atoms with Crippen LogP contribution in [0.15, 0.2) is 18.2 Å². The van der Waals surface area contributed by atoms with Crippen LogP contribution in [0.3, 0.4) is 0 Å². The first kappa shape index (κ1) is 10.5. The number of hydrogen-bond donors (Lipinski definition) is 1. The largest absolute Gasteiger partial charge is 0.497 e. The number of rotatable bonds is 1. The van der Waals surface area contributed by atoms with Gasteiger partial charge in [-0.25, -0.2) is 0 Å². The van der Waals surface area contributed by atoms with E-state index >= 15 is 0 Å². The smallest absolute Gasteiger partial charge is 0.119 e. The number of methoxy groups -OCH3 is 1. The molecule has 1 aliphatic carbocycles. The molecule has 0 saturated carbocycles. The third kappa shape index (κ3) is 1.74. The van der Waals surface area contributed by atoms with Crippen LogP contribution >= 0.6 is 0 Å². The molecule has 0 bridgehead atoms. The highest BCUT2D eigenvalue weighted by molar-refractivity contribution is 5.43. The SMILES string of the molecule is COc1ccc2c(c1)C(N)CCC2(C)C. The third-order valence-corrected chi connectivity index (χ3v) is 3.47. The molecule has 0 fully saturated rings. The maximum absolute atomic E-state index is 6.14. The highest BCUT2D eigenvalue weighted by Gasteiger charge is 2.31. The molecule has 1 unspecified atom stereocenters. The van der Waals surface area contributed by atoms with Crippen molar-refractivity contribution in [2.75, 3.05) is 7.11 Å². The molecule has 0 saturated heterocycles. The summed E-state index contributed by atoms with van der Waals surface area (Å²) in [5.41, 5.74) is 9.02. The van der Waals surface area contributed by atoms with Gasteiger partial charge in [0, 0.05) is 6.04 Å². The summed E-state index contributed by atoms with van der Waals surface area (Å²) < 4.78 is 5.24. The standard InChI is InChI=1S/C13H19NO/c1-13(2)7-6-12(14)10-8-9(15-3)4-5-11(10)13/h4-5,8,12H,6-7,14H2,1-3H3. The van der Waals surface area contributed by atoms with Crippen molar-refractivity contribution in [3.63, 3.8) is 0 Å². The summed E-state index contributed by atoms with van der Waals surface area (Å²) >= 11 is 0. The lowest BCUT2D eigenvalue weighted by Crippen LogP contribution is -2.29. The summed E-state index contributed by atoms with van der Waals surface area (Å²) in [6, 6.07) is 6.44. The predicted molar refractivity (Wildman–Crippen MR) is 62.2 cm³/mol. The van der Waals surface area contributed by atoms with Gasteiger partial charge in [0.05, 0.1) is 7.11 Å². The number of fused-ring (bicyclic) bond motifs is 1. The molecule has 1 aromatic carbocycles. The van der Waals surface area contributed by atoms with E-state index in [1.165, 1.54) is 11.1 Å². The number of nitrogens with two attached hydrogens (primary N) is 1. The lowest BCUT2D eigenvalue weighted by molar-refractivity contribution is 0.386. The minimum absolute atomic E-state index is 0.170. The van der Waals surface area contributed by atoms with Gasteiger partial charge >= 0.3 is 0 Å². The van der Waals surface area contributed by atoms with Crippen LogP contribution in [0.5, 0.6) is 5.75 Å². The van der Waals surface area contributed by atoms with Gasteiger partial charge < -0.3 is 10.5 Å². The molecule has 0 aromatic heterocycles. The summed E-state index contributed by atoms with van der Waals surface area (Å²) in [6.45, 7) is 4.56. The topological polar surface area (TPSA) is 35.2 Å². The highest BCUT2D eigenvalue weighted by Crippen LogP contribution is 2.41. The Morgan fingerprint density at radius 2 is 2.13 bits per heavy atom. The average molecular weight is 205 g/mol. The van der Waals surface area contributed by atoms with Crippen molar-refractivity contribution in [3.05, 3.63) is 29.3 Å². The van der Waals surface area contributed by atoms with E-state index in [0.29, 0.717) is 0 Å². The normalized spacial score (nSPS) is 23.3. The number of hydrogen-bond acceptors (Lipinski definition) is 2. The Morgan fingerprint density at radius 1 is 1.40 bits per heavy atom. The molecule has 0 spiro atoms. The van der Waals surface area contributed by atoms with Crippen LogP contribution in [0.2, 0.25) is 0 Å². The van der Waals surface area contributed by atoms with Crippen LogP contribution in [0.25, 0.3) is 0 Å². The molecule has 1 aliphatic rings. The van der Waals surface area contributed by atoms with Crippen LogP contribution in [0.1, 0.15) is 43.9 Å². The van der Waals surface area contributed by atoms with Crippen molar-refractivity contribution in [2.24, 2.45) is 5.73 Å². The maximum Gasteiger partial charge on any atom is 0.119 e. The lowest BCUT2D eigenvalue weighted by Gasteiger charge is -2.35. The van der Waals surface area contributed by atoms with Gasteiger partial charge in [-0.3, -0.25) is 0 Å². The fourth-order valence-electron chi connectivity index (χ4n) is 2.40. The molecular weight excluding hydrogens is 186 g/mol. The molecule has 2 nitrogen and oxygen atoms in total.